The van der Waals surface area contributed by atoms with E-state index in [0.29, 0.717) is 24.2 Å². The van der Waals surface area contributed by atoms with Gasteiger partial charge in [-0.05, 0) is 13.3 Å². The second-order valence-corrected chi connectivity index (χ2v) is 4.27. The second kappa shape index (κ2) is 7.78. The minimum atomic E-state index is 0.351. The highest BCUT2D eigenvalue weighted by Crippen LogP contribution is 2.32. The van der Waals surface area contributed by atoms with Crippen molar-refractivity contribution in [3.05, 3.63) is 6.33 Å². The van der Waals surface area contributed by atoms with Gasteiger partial charge < -0.3 is 19.7 Å². The van der Waals surface area contributed by atoms with Crippen LogP contribution in [-0.2, 0) is 4.74 Å². The van der Waals surface area contributed by atoms with Gasteiger partial charge >= 0.3 is 0 Å². The van der Waals surface area contributed by atoms with E-state index in [9.17, 15) is 0 Å². The molecule has 0 bridgehead atoms. The maximum Gasteiger partial charge on any atom is 0.204 e. The molecule has 0 amide bonds. The zero-order valence-electron chi connectivity index (χ0n) is 12.4. The first kappa shape index (κ1) is 15.5. The minimum Gasteiger partial charge on any atom is -0.490 e. The van der Waals surface area contributed by atoms with Crippen molar-refractivity contribution in [2.75, 3.05) is 44.6 Å². The molecular weight excluding hydrogens is 244 g/mol. The molecule has 0 aromatic carbocycles. The van der Waals surface area contributed by atoms with E-state index in [1.807, 2.05) is 7.05 Å². The molecule has 0 saturated heterocycles. The summed E-state index contributed by atoms with van der Waals surface area (Å²) >= 11 is 0. The van der Waals surface area contributed by atoms with E-state index in [2.05, 4.69) is 34.0 Å². The SMILES string of the molecule is CCC(C)N(CCOC)c1ncnc(NC)c1OC. The van der Waals surface area contributed by atoms with Gasteiger partial charge in [0.15, 0.2) is 11.6 Å². The van der Waals surface area contributed by atoms with Gasteiger partial charge in [-0.1, -0.05) is 6.92 Å². The van der Waals surface area contributed by atoms with E-state index in [4.69, 9.17) is 9.47 Å². The summed E-state index contributed by atoms with van der Waals surface area (Å²) in [7, 11) is 5.15. The number of hydrogen-bond acceptors (Lipinski definition) is 6. The van der Waals surface area contributed by atoms with Crippen LogP contribution in [0.1, 0.15) is 20.3 Å². The van der Waals surface area contributed by atoms with Crippen molar-refractivity contribution >= 4 is 11.6 Å². The predicted molar refractivity (Wildman–Crippen MR) is 77.1 cm³/mol. The summed E-state index contributed by atoms with van der Waals surface area (Å²) in [5, 5.41) is 3.02. The van der Waals surface area contributed by atoms with Crippen LogP contribution in [-0.4, -0.2) is 50.4 Å². The van der Waals surface area contributed by atoms with Gasteiger partial charge in [-0.2, -0.15) is 0 Å². The molecular formula is C13H24N4O2. The number of nitrogens with one attached hydrogen (secondary N) is 1. The van der Waals surface area contributed by atoms with Crippen molar-refractivity contribution in [2.24, 2.45) is 0 Å². The molecule has 6 heteroatoms. The highest BCUT2D eigenvalue weighted by Gasteiger charge is 2.21. The molecule has 0 aliphatic rings. The van der Waals surface area contributed by atoms with Crippen LogP contribution < -0.4 is 15.0 Å². The summed E-state index contributed by atoms with van der Waals surface area (Å²) in [5.41, 5.74) is 0. The van der Waals surface area contributed by atoms with Crippen molar-refractivity contribution in [2.45, 2.75) is 26.3 Å². The first-order chi connectivity index (χ1) is 9.19. The first-order valence-corrected chi connectivity index (χ1v) is 6.51. The quantitative estimate of drug-likeness (QED) is 0.775. The molecule has 0 aliphatic carbocycles. The van der Waals surface area contributed by atoms with E-state index >= 15 is 0 Å². The molecule has 1 aromatic rings. The van der Waals surface area contributed by atoms with Crippen LogP contribution >= 0.6 is 0 Å². The Morgan fingerprint density at radius 3 is 2.63 bits per heavy atom. The van der Waals surface area contributed by atoms with Gasteiger partial charge in [0, 0.05) is 26.7 Å². The highest BCUT2D eigenvalue weighted by molar-refractivity contribution is 5.64. The molecule has 1 aromatic heterocycles. The van der Waals surface area contributed by atoms with Crippen LogP contribution in [0.2, 0.25) is 0 Å². The topological polar surface area (TPSA) is 59.5 Å². The van der Waals surface area contributed by atoms with Crippen molar-refractivity contribution in [3.8, 4) is 5.75 Å². The third-order valence-electron chi connectivity index (χ3n) is 3.16. The molecule has 1 N–H and O–H groups in total. The van der Waals surface area contributed by atoms with Crippen molar-refractivity contribution in [1.82, 2.24) is 9.97 Å². The number of rotatable bonds is 8. The van der Waals surface area contributed by atoms with E-state index in [-0.39, 0.29) is 0 Å². The van der Waals surface area contributed by atoms with Crippen LogP contribution in [0.5, 0.6) is 5.75 Å². The summed E-state index contributed by atoms with van der Waals surface area (Å²) in [6.45, 7) is 5.72. The molecule has 1 rings (SSSR count). The molecule has 108 valence electrons. The van der Waals surface area contributed by atoms with Gasteiger partial charge in [-0.3, -0.25) is 0 Å². The van der Waals surface area contributed by atoms with Crippen molar-refractivity contribution in [1.29, 1.82) is 0 Å². The number of hydrogen-bond donors (Lipinski definition) is 1. The Hall–Kier alpha value is -1.56. The number of nitrogens with zero attached hydrogens (tertiary/aromatic N) is 3. The fourth-order valence-corrected chi connectivity index (χ4v) is 1.88. The Bertz CT molecular complexity index is 387. The molecule has 0 radical (unpaired) electrons. The Morgan fingerprint density at radius 2 is 2.11 bits per heavy atom. The van der Waals surface area contributed by atoms with Crippen molar-refractivity contribution in [3.63, 3.8) is 0 Å². The van der Waals surface area contributed by atoms with Crippen LogP contribution in [0.15, 0.2) is 6.33 Å². The number of methoxy groups -OCH3 is 2. The number of ether oxygens (including phenoxy) is 2. The predicted octanol–water partition coefficient (Wildman–Crippen LogP) is 1.78. The minimum absolute atomic E-state index is 0.351. The molecule has 0 fully saturated rings. The maximum atomic E-state index is 5.45. The Morgan fingerprint density at radius 1 is 1.37 bits per heavy atom. The van der Waals surface area contributed by atoms with Crippen LogP contribution in [0.3, 0.4) is 0 Å². The molecule has 6 nitrogen and oxygen atoms in total. The average Bonchev–Trinajstić information content (AvgIpc) is 2.46. The van der Waals surface area contributed by atoms with Gasteiger partial charge in [-0.25, -0.2) is 9.97 Å². The zero-order valence-corrected chi connectivity index (χ0v) is 12.4. The smallest absolute Gasteiger partial charge is 0.204 e. The van der Waals surface area contributed by atoms with Crippen molar-refractivity contribution < 1.29 is 9.47 Å². The summed E-state index contributed by atoms with van der Waals surface area (Å²) in [5.74, 6) is 2.16. The molecule has 1 atom stereocenters. The van der Waals surface area contributed by atoms with Gasteiger partial charge in [0.05, 0.1) is 13.7 Å². The summed E-state index contributed by atoms with van der Waals surface area (Å²) < 4.78 is 10.6. The second-order valence-electron chi connectivity index (χ2n) is 4.27. The molecule has 1 unspecified atom stereocenters. The largest absolute Gasteiger partial charge is 0.490 e. The normalized spacial score (nSPS) is 12.1. The Kier molecular flexibility index (Phi) is 6.35. The highest BCUT2D eigenvalue weighted by atomic mass is 16.5. The fourth-order valence-electron chi connectivity index (χ4n) is 1.88. The zero-order chi connectivity index (χ0) is 14.3. The molecule has 0 spiro atoms. The van der Waals surface area contributed by atoms with Gasteiger partial charge in [0.2, 0.25) is 5.75 Å². The Balaban J connectivity index is 3.13. The first-order valence-electron chi connectivity index (χ1n) is 6.51. The maximum absolute atomic E-state index is 5.45. The summed E-state index contributed by atoms with van der Waals surface area (Å²) in [6, 6.07) is 0.351. The third kappa shape index (κ3) is 3.70. The molecule has 1 heterocycles. The van der Waals surface area contributed by atoms with Gasteiger partial charge in [-0.15, -0.1) is 0 Å². The van der Waals surface area contributed by atoms with E-state index in [1.54, 1.807) is 20.5 Å². The molecule has 0 saturated carbocycles. The van der Waals surface area contributed by atoms with E-state index < -0.39 is 0 Å². The number of anilines is 2. The van der Waals surface area contributed by atoms with Crippen LogP contribution in [0.4, 0.5) is 11.6 Å². The summed E-state index contributed by atoms with van der Waals surface area (Å²) in [4.78, 5) is 10.7. The fraction of sp³-hybridized carbons (Fsp3) is 0.692. The number of aromatic nitrogens is 2. The lowest BCUT2D eigenvalue weighted by Gasteiger charge is -2.30. The van der Waals surface area contributed by atoms with E-state index in [1.165, 1.54) is 0 Å². The van der Waals surface area contributed by atoms with Crippen LogP contribution in [0, 0.1) is 0 Å². The van der Waals surface area contributed by atoms with Gasteiger partial charge in [0.25, 0.3) is 0 Å². The standard InChI is InChI=1S/C13H24N4O2/c1-6-10(2)17(7-8-18-4)13-11(19-5)12(14-3)15-9-16-13/h9-10H,6-8H2,1-5H3,(H,14,15,16). The van der Waals surface area contributed by atoms with Gasteiger partial charge in [0.1, 0.15) is 6.33 Å². The lowest BCUT2D eigenvalue weighted by Crippen LogP contribution is -2.36. The molecule has 0 aliphatic heterocycles. The third-order valence-corrected chi connectivity index (χ3v) is 3.16. The van der Waals surface area contributed by atoms with Crippen LogP contribution in [0.25, 0.3) is 0 Å². The molecule has 19 heavy (non-hydrogen) atoms. The van der Waals surface area contributed by atoms with E-state index in [0.717, 1.165) is 18.8 Å². The summed E-state index contributed by atoms with van der Waals surface area (Å²) in [6.07, 6.45) is 2.57. The Labute approximate surface area is 115 Å². The average molecular weight is 268 g/mol. The lowest BCUT2D eigenvalue weighted by molar-refractivity contribution is 0.203. The monoisotopic (exact) mass is 268 g/mol. The lowest BCUT2D eigenvalue weighted by atomic mass is 10.2.